The van der Waals surface area contributed by atoms with Gasteiger partial charge in [-0.3, -0.25) is 9.59 Å². The van der Waals surface area contributed by atoms with Crippen LogP contribution in [0.4, 0.5) is 0 Å². The summed E-state index contributed by atoms with van der Waals surface area (Å²) in [4.78, 5) is 24.7. The fraction of sp³-hybridized carbons (Fsp3) is 0.364. The van der Waals surface area contributed by atoms with Crippen LogP contribution in [0.3, 0.4) is 0 Å². The number of benzene rings is 2. The van der Waals surface area contributed by atoms with Gasteiger partial charge in [-0.25, -0.2) is 0 Å². The molecule has 28 heavy (non-hydrogen) atoms. The lowest BCUT2D eigenvalue weighted by Crippen LogP contribution is -2.41. The molecular formula is C22H29ClN2O3. The zero-order chi connectivity index (χ0) is 20.0. The maximum atomic E-state index is 12.6. The second-order valence-corrected chi connectivity index (χ2v) is 7.13. The molecule has 0 radical (unpaired) electrons. The molecule has 6 heteroatoms. The largest absolute Gasteiger partial charge is 0.426 e. The van der Waals surface area contributed by atoms with Gasteiger partial charge in [-0.2, -0.15) is 0 Å². The van der Waals surface area contributed by atoms with Crippen LogP contribution in [-0.2, 0) is 9.59 Å². The smallest absolute Gasteiger partial charge is 0.313 e. The Labute approximate surface area is 173 Å². The van der Waals surface area contributed by atoms with Gasteiger partial charge in [-0.1, -0.05) is 56.3 Å². The predicted molar refractivity (Wildman–Crippen MR) is 114 cm³/mol. The molecule has 0 bridgehead atoms. The monoisotopic (exact) mass is 404 g/mol. The lowest BCUT2D eigenvalue weighted by Gasteiger charge is -2.20. The van der Waals surface area contributed by atoms with Crippen molar-refractivity contribution in [3.63, 3.8) is 0 Å². The fourth-order valence-corrected chi connectivity index (χ4v) is 2.78. The van der Waals surface area contributed by atoms with Crippen LogP contribution < -0.4 is 15.8 Å². The van der Waals surface area contributed by atoms with Gasteiger partial charge >= 0.3 is 5.97 Å². The van der Waals surface area contributed by atoms with E-state index in [9.17, 15) is 9.59 Å². The first-order valence-corrected chi connectivity index (χ1v) is 9.20. The van der Waals surface area contributed by atoms with Crippen LogP contribution in [0.1, 0.15) is 55.8 Å². The summed E-state index contributed by atoms with van der Waals surface area (Å²) in [6.07, 6.45) is 0.0218. The predicted octanol–water partition coefficient (Wildman–Crippen LogP) is 4.04. The first-order chi connectivity index (χ1) is 12.8. The summed E-state index contributed by atoms with van der Waals surface area (Å²) in [5.74, 6) is 0.0906. The van der Waals surface area contributed by atoms with E-state index in [0.717, 1.165) is 16.7 Å². The van der Waals surface area contributed by atoms with Crippen molar-refractivity contribution < 1.29 is 14.3 Å². The van der Waals surface area contributed by atoms with E-state index in [-0.39, 0.29) is 30.7 Å². The van der Waals surface area contributed by atoms with Gasteiger partial charge in [0, 0.05) is 0 Å². The standard InChI is InChI=1S/C22H28N2O3.ClH/c1-14(2)18-11-10-15(3)12-20(18)27-21(25)13-19(24-22(26)16(4)23)17-8-6-5-7-9-17;/h5-12,14,16,19H,13,23H2,1-4H3,(H,24,26);1H/t16?,19-;/m1./s1. The minimum absolute atomic E-state index is 0. The number of nitrogens with one attached hydrogen (secondary N) is 1. The molecule has 0 heterocycles. The minimum Gasteiger partial charge on any atom is -0.426 e. The summed E-state index contributed by atoms with van der Waals surface area (Å²) in [6.45, 7) is 7.67. The quantitative estimate of drug-likeness (QED) is 0.539. The molecule has 3 N–H and O–H groups in total. The SMILES string of the molecule is Cc1ccc(C(C)C)c(OC(=O)C[C@@H](NC(=O)C(C)N)c2ccccc2)c1.Cl. The molecule has 2 aromatic rings. The Morgan fingerprint density at radius 3 is 2.29 bits per heavy atom. The van der Waals surface area contributed by atoms with E-state index in [1.165, 1.54) is 0 Å². The number of carbonyl (C=O) groups is 2. The van der Waals surface area contributed by atoms with Crippen LogP contribution in [0.5, 0.6) is 5.75 Å². The summed E-state index contributed by atoms with van der Waals surface area (Å²) >= 11 is 0. The van der Waals surface area contributed by atoms with Gasteiger partial charge in [0.25, 0.3) is 0 Å². The van der Waals surface area contributed by atoms with Gasteiger partial charge in [-0.15, -0.1) is 12.4 Å². The van der Waals surface area contributed by atoms with E-state index < -0.39 is 18.1 Å². The first kappa shape index (κ1) is 23.7. The second kappa shape index (κ2) is 10.8. The number of hydrogen-bond donors (Lipinski definition) is 2. The maximum Gasteiger partial charge on any atom is 0.313 e. The Balaban J connectivity index is 0.00000392. The number of amides is 1. The van der Waals surface area contributed by atoms with Crippen molar-refractivity contribution in [2.24, 2.45) is 5.73 Å². The first-order valence-electron chi connectivity index (χ1n) is 9.20. The highest BCUT2D eigenvalue weighted by Gasteiger charge is 2.22. The molecule has 0 spiro atoms. The molecule has 0 aliphatic rings. The molecule has 152 valence electrons. The Kier molecular flexibility index (Phi) is 9.16. The van der Waals surface area contributed by atoms with Crippen LogP contribution >= 0.6 is 12.4 Å². The van der Waals surface area contributed by atoms with Gasteiger partial charge in [0.15, 0.2) is 0 Å². The van der Waals surface area contributed by atoms with Gasteiger partial charge in [0.05, 0.1) is 18.5 Å². The molecule has 2 aromatic carbocycles. The van der Waals surface area contributed by atoms with Crippen molar-refractivity contribution in [2.75, 3.05) is 0 Å². The molecule has 0 aliphatic carbocycles. The molecule has 0 fully saturated rings. The average Bonchev–Trinajstić information content (AvgIpc) is 2.61. The number of esters is 1. The van der Waals surface area contributed by atoms with E-state index >= 15 is 0 Å². The molecule has 0 aliphatic heterocycles. The number of aryl methyl sites for hydroxylation is 1. The zero-order valence-electron chi connectivity index (χ0n) is 16.8. The second-order valence-electron chi connectivity index (χ2n) is 7.13. The summed E-state index contributed by atoms with van der Waals surface area (Å²) in [7, 11) is 0. The van der Waals surface area contributed by atoms with E-state index in [2.05, 4.69) is 19.2 Å². The third kappa shape index (κ3) is 6.66. The number of hydrogen-bond acceptors (Lipinski definition) is 4. The van der Waals surface area contributed by atoms with Crippen molar-refractivity contribution in [1.29, 1.82) is 0 Å². The van der Waals surface area contributed by atoms with E-state index in [4.69, 9.17) is 10.5 Å². The summed E-state index contributed by atoms with van der Waals surface area (Å²) < 4.78 is 5.66. The highest BCUT2D eigenvalue weighted by atomic mass is 35.5. The normalized spacial score (nSPS) is 12.6. The van der Waals surface area contributed by atoms with Crippen LogP contribution in [0.2, 0.25) is 0 Å². The van der Waals surface area contributed by atoms with E-state index in [1.54, 1.807) is 6.92 Å². The number of carbonyl (C=O) groups excluding carboxylic acids is 2. The molecule has 1 amide bonds. The number of halogens is 1. The Bertz CT molecular complexity index is 792. The average molecular weight is 405 g/mol. The molecule has 2 atom stereocenters. The minimum atomic E-state index is -0.656. The van der Waals surface area contributed by atoms with Crippen molar-refractivity contribution in [2.45, 2.75) is 52.1 Å². The lowest BCUT2D eigenvalue weighted by atomic mass is 10.0. The van der Waals surface area contributed by atoms with Crippen LogP contribution in [-0.4, -0.2) is 17.9 Å². The van der Waals surface area contributed by atoms with Crippen molar-refractivity contribution in [3.05, 3.63) is 65.2 Å². The summed E-state index contributed by atoms with van der Waals surface area (Å²) in [6, 6.07) is 14.0. The topological polar surface area (TPSA) is 81.4 Å². The van der Waals surface area contributed by atoms with Crippen molar-refractivity contribution in [1.82, 2.24) is 5.32 Å². The van der Waals surface area contributed by atoms with Crippen molar-refractivity contribution in [3.8, 4) is 5.75 Å². The number of rotatable bonds is 7. The Hall–Kier alpha value is -2.37. The maximum absolute atomic E-state index is 12.6. The molecule has 2 rings (SSSR count). The third-order valence-electron chi connectivity index (χ3n) is 4.32. The van der Waals surface area contributed by atoms with Crippen molar-refractivity contribution >= 4 is 24.3 Å². The van der Waals surface area contributed by atoms with Gasteiger partial charge in [-0.05, 0) is 42.5 Å². The van der Waals surface area contributed by atoms with Gasteiger partial charge < -0.3 is 15.8 Å². The third-order valence-corrected chi connectivity index (χ3v) is 4.32. The van der Waals surface area contributed by atoms with Crippen LogP contribution in [0.25, 0.3) is 0 Å². The molecule has 0 saturated carbocycles. The lowest BCUT2D eigenvalue weighted by molar-refractivity contribution is -0.135. The Morgan fingerprint density at radius 2 is 1.71 bits per heavy atom. The molecule has 0 saturated heterocycles. The fourth-order valence-electron chi connectivity index (χ4n) is 2.78. The molecule has 1 unspecified atom stereocenters. The molecule has 5 nitrogen and oxygen atoms in total. The molecular weight excluding hydrogens is 376 g/mol. The number of ether oxygens (including phenoxy) is 1. The van der Waals surface area contributed by atoms with Gasteiger partial charge in [0.1, 0.15) is 5.75 Å². The van der Waals surface area contributed by atoms with Crippen LogP contribution in [0.15, 0.2) is 48.5 Å². The summed E-state index contributed by atoms with van der Waals surface area (Å²) in [5.41, 5.74) is 8.49. The highest BCUT2D eigenvalue weighted by molar-refractivity contribution is 5.85. The highest BCUT2D eigenvalue weighted by Crippen LogP contribution is 2.28. The van der Waals surface area contributed by atoms with Gasteiger partial charge in [0.2, 0.25) is 5.91 Å². The van der Waals surface area contributed by atoms with E-state index in [1.807, 2.05) is 55.5 Å². The van der Waals surface area contributed by atoms with E-state index in [0.29, 0.717) is 5.75 Å². The van der Waals surface area contributed by atoms with Crippen LogP contribution in [0, 0.1) is 6.92 Å². The summed E-state index contributed by atoms with van der Waals surface area (Å²) in [5, 5.41) is 2.83. The Morgan fingerprint density at radius 1 is 1.07 bits per heavy atom. The zero-order valence-corrected chi connectivity index (χ0v) is 17.6. The number of nitrogens with two attached hydrogens (primary N) is 1. The molecule has 0 aromatic heterocycles.